The third kappa shape index (κ3) is 4.02. The Morgan fingerprint density at radius 2 is 1.70 bits per heavy atom. The van der Waals surface area contributed by atoms with Crippen molar-refractivity contribution in [1.29, 1.82) is 5.26 Å². The molecule has 0 amide bonds. The molecule has 7 heteroatoms. The normalized spacial score (nSPS) is 11.0. The molecule has 5 aromatic rings. The Hall–Kier alpha value is -4.57. The fourth-order valence-electron chi connectivity index (χ4n) is 4.06. The standard InChI is InChI=1S/C26H21N5O2/c27-12-19-8-10-20(11-9-19)14-30-18-28-13-23(30)16-31-25(32)17-29(26(31)33)15-22-6-3-5-21-4-1-2-7-24(21)22/h1-11,13,17-18,32H,14-16H2. The van der Waals surface area contributed by atoms with E-state index < -0.39 is 0 Å². The van der Waals surface area contributed by atoms with Crippen molar-refractivity contribution in [1.82, 2.24) is 18.7 Å². The molecule has 0 aliphatic heterocycles. The maximum atomic E-state index is 13.1. The van der Waals surface area contributed by atoms with Gasteiger partial charge in [-0.1, -0.05) is 54.6 Å². The van der Waals surface area contributed by atoms with E-state index in [0.29, 0.717) is 18.7 Å². The Labute approximate surface area is 190 Å². The Kier molecular flexibility index (Phi) is 5.25. The molecule has 5 rings (SSSR count). The first kappa shape index (κ1) is 20.3. The van der Waals surface area contributed by atoms with Crippen LogP contribution in [-0.4, -0.2) is 23.8 Å². The molecular formula is C26H21N5O2. The average molecular weight is 435 g/mol. The van der Waals surface area contributed by atoms with Crippen LogP contribution in [0.15, 0.2) is 90.2 Å². The summed E-state index contributed by atoms with van der Waals surface area (Å²) in [7, 11) is 0. The maximum absolute atomic E-state index is 13.1. The van der Waals surface area contributed by atoms with Crippen LogP contribution in [0.4, 0.5) is 0 Å². The van der Waals surface area contributed by atoms with Gasteiger partial charge in [-0.05, 0) is 34.0 Å². The van der Waals surface area contributed by atoms with E-state index >= 15 is 0 Å². The van der Waals surface area contributed by atoms with Crippen molar-refractivity contribution in [2.75, 3.05) is 0 Å². The Morgan fingerprint density at radius 1 is 0.909 bits per heavy atom. The van der Waals surface area contributed by atoms with E-state index in [4.69, 9.17) is 5.26 Å². The molecule has 0 spiro atoms. The van der Waals surface area contributed by atoms with Crippen LogP contribution in [0, 0.1) is 11.3 Å². The highest BCUT2D eigenvalue weighted by molar-refractivity contribution is 5.85. The molecule has 0 aliphatic rings. The molecule has 0 bridgehead atoms. The molecule has 0 saturated heterocycles. The fraction of sp³-hybridized carbons (Fsp3) is 0.115. The van der Waals surface area contributed by atoms with Gasteiger partial charge in [0.1, 0.15) is 0 Å². The molecule has 0 fully saturated rings. The Bertz CT molecular complexity index is 1530. The lowest BCUT2D eigenvalue weighted by Gasteiger charge is -2.09. The van der Waals surface area contributed by atoms with Crippen molar-refractivity contribution < 1.29 is 5.11 Å². The Morgan fingerprint density at radius 3 is 2.52 bits per heavy atom. The topological polar surface area (TPSA) is 88.8 Å². The number of hydrogen-bond donors (Lipinski definition) is 1. The molecule has 0 radical (unpaired) electrons. The molecule has 162 valence electrons. The summed E-state index contributed by atoms with van der Waals surface area (Å²) in [5.41, 5.74) is 3.14. The van der Waals surface area contributed by atoms with Gasteiger partial charge in [0, 0.05) is 12.7 Å². The highest BCUT2D eigenvalue weighted by atomic mass is 16.3. The molecule has 1 N–H and O–H groups in total. The summed E-state index contributed by atoms with van der Waals surface area (Å²) in [6.45, 7) is 1.11. The van der Waals surface area contributed by atoms with Crippen LogP contribution in [0.3, 0.4) is 0 Å². The number of imidazole rings is 2. The van der Waals surface area contributed by atoms with Gasteiger partial charge in [0.2, 0.25) is 5.88 Å². The van der Waals surface area contributed by atoms with E-state index in [0.717, 1.165) is 27.6 Å². The predicted molar refractivity (Wildman–Crippen MR) is 125 cm³/mol. The molecular weight excluding hydrogens is 414 g/mol. The molecule has 2 aromatic heterocycles. The van der Waals surface area contributed by atoms with Gasteiger partial charge in [-0.25, -0.2) is 9.78 Å². The smallest absolute Gasteiger partial charge is 0.331 e. The number of hydrogen-bond acceptors (Lipinski definition) is 4. The van der Waals surface area contributed by atoms with Crippen LogP contribution in [-0.2, 0) is 19.6 Å². The SMILES string of the molecule is N#Cc1ccc(Cn2cncc2Cn2c(O)cn(Cc3cccc4ccccc34)c2=O)cc1. The van der Waals surface area contributed by atoms with Crippen molar-refractivity contribution in [2.45, 2.75) is 19.6 Å². The highest BCUT2D eigenvalue weighted by Crippen LogP contribution is 2.20. The second-order valence-electron chi connectivity index (χ2n) is 7.94. The molecule has 0 saturated carbocycles. The minimum absolute atomic E-state index is 0.0913. The number of benzene rings is 3. The van der Waals surface area contributed by atoms with Crippen LogP contribution < -0.4 is 5.69 Å². The van der Waals surface area contributed by atoms with Crippen LogP contribution >= 0.6 is 0 Å². The molecule has 0 atom stereocenters. The summed E-state index contributed by atoms with van der Waals surface area (Å²) >= 11 is 0. The number of nitrogens with zero attached hydrogens (tertiary/aromatic N) is 5. The zero-order valence-corrected chi connectivity index (χ0v) is 17.8. The van der Waals surface area contributed by atoms with Gasteiger partial charge in [0.15, 0.2) is 0 Å². The average Bonchev–Trinajstić information content (AvgIpc) is 3.39. The van der Waals surface area contributed by atoms with E-state index in [9.17, 15) is 9.90 Å². The summed E-state index contributed by atoms with van der Waals surface area (Å²) in [4.78, 5) is 17.3. The van der Waals surface area contributed by atoms with Gasteiger partial charge in [0.05, 0.1) is 42.9 Å². The first-order valence-corrected chi connectivity index (χ1v) is 10.6. The fourth-order valence-corrected chi connectivity index (χ4v) is 4.06. The van der Waals surface area contributed by atoms with Crippen molar-refractivity contribution in [3.05, 3.63) is 118 Å². The summed E-state index contributed by atoms with van der Waals surface area (Å²) in [5.74, 6) is -0.0913. The summed E-state index contributed by atoms with van der Waals surface area (Å²) in [5, 5.41) is 21.7. The van der Waals surface area contributed by atoms with Crippen LogP contribution in [0.25, 0.3) is 10.8 Å². The van der Waals surface area contributed by atoms with Gasteiger partial charge in [-0.2, -0.15) is 5.26 Å². The van der Waals surface area contributed by atoms with Crippen molar-refractivity contribution >= 4 is 10.8 Å². The monoisotopic (exact) mass is 435 g/mol. The number of aromatic hydroxyl groups is 1. The van der Waals surface area contributed by atoms with Gasteiger partial charge in [-0.3, -0.25) is 9.13 Å². The number of aromatic nitrogens is 4. The molecule has 0 unspecified atom stereocenters. The van der Waals surface area contributed by atoms with Crippen molar-refractivity contribution in [3.63, 3.8) is 0 Å². The number of fused-ring (bicyclic) bond motifs is 1. The number of nitriles is 1. The van der Waals surface area contributed by atoms with E-state index in [1.807, 2.05) is 59.2 Å². The minimum Gasteiger partial charge on any atom is -0.493 e. The highest BCUT2D eigenvalue weighted by Gasteiger charge is 2.14. The summed E-state index contributed by atoms with van der Waals surface area (Å²) < 4.78 is 4.80. The van der Waals surface area contributed by atoms with Gasteiger partial charge in [0.25, 0.3) is 0 Å². The molecule has 3 aromatic carbocycles. The van der Waals surface area contributed by atoms with Crippen molar-refractivity contribution in [2.24, 2.45) is 0 Å². The molecule has 0 aliphatic carbocycles. The zero-order chi connectivity index (χ0) is 22.8. The predicted octanol–water partition coefficient (Wildman–Crippen LogP) is 3.72. The molecule has 33 heavy (non-hydrogen) atoms. The largest absolute Gasteiger partial charge is 0.493 e. The second-order valence-corrected chi connectivity index (χ2v) is 7.94. The zero-order valence-electron chi connectivity index (χ0n) is 17.8. The van der Waals surface area contributed by atoms with Crippen LogP contribution in [0.1, 0.15) is 22.4 Å². The lowest BCUT2D eigenvalue weighted by molar-refractivity contribution is 0.419. The first-order chi connectivity index (χ1) is 16.1. The van der Waals surface area contributed by atoms with E-state index in [-0.39, 0.29) is 18.1 Å². The number of rotatable bonds is 6. The van der Waals surface area contributed by atoms with Gasteiger partial charge >= 0.3 is 5.69 Å². The van der Waals surface area contributed by atoms with E-state index in [1.165, 1.54) is 15.3 Å². The van der Waals surface area contributed by atoms with Crippen LogP contribution in [0.2, 0.25) is 0 Å². The lowest BCUT2D eigenvalue weighted by atomic mass is 10.0. The second kappa shape index (κ2) is 8.52. The lowest BCUT2D eigenvalue weighted by Crippen LogP contribution is -2.25. The third-order valence-corrected chi connectivity index (χ3v) is 5.80. The summed E-state index contributed by atoms with van der Waals surface area (Å²) in [6.07, 6.45) is 4.87. The van der Waals surface area contributed by atoms with Crippen molar-refractivity contribution in [3.8, 4) is 11.9 Å². The van der Waals surface area contributed by atoms with E-state index in [1.54, 1.807) is 24.7 Å². The first-order valence-electron chi connectivity index (χ1n) is 10.6. The minimum atomic E-state index is -0.286. The van der Waals surface area contributed by atoms with Gasteiger partial charge < -0.3 is 9.67 Å². The maximum Gasteiger partial charge on any atom is 0.331 e. The summed E-state index contributed by atoms with van der Waals surface area (Å²) in [6, 6.07) is 23.5. The van der Waals surface area contributed by atoms with Gasteiger partial charge in [-0.15, -0.1) is 0 Å². The molecule has 7 nitrogen and oxygen atoms in total. The Balaban J connectivity index is 1.40. The third-order valence-electron chi connectivity index (χ3n) is 5.80. The van der Waals surface area contributed by atoms with E-state index in [2.05, 4.69) is 11.1 Å². The molecule has 2 heterocycles. The van der Waals surface area contributed by atoms with Crippen LogP contribution in [0.5, 0.6) is 5.88 Å². The quantitative estimate of drug-likeness (QED) is 0.440.